The number of hydrogen-bond donors (Lipinski definition) is 0. The molecule has 0 N–H and O–H groups in total. The number of carbonyl (C=O) groups is 1. The minimum Gasteiger partial charge on any atom is -0.460 e. The van der Waals surface area contributed by atoms with E-state index in [1.54, 1.807) is 18.3 Å². The van der Waals surface area contributed by atoms with Gasteiger partial charge in [-0.3, -0.25) is 9.69 Å². The van der Waals surface area contributed by atoms with Crippen LogP contribution in [0, 0.1) is 0 Å². The van der Waals surface area contributed by atoms with E-state index >= 15 is 0 Å². The summed E-state index contributed by atoms with van der Waals surface area (Å²) < 4.78 is 6.00. The summed E-state index contributed by atoms with van der Waals surface area (Å²) in [7, 11) is 0. The van der Waals surface area contributed by atoms with Gasteiger partial charge < -0.3 is 9.32 Å². The van der Waals surface area contributed by atoms with Crippen LogP contribution in [0.3, 0.4) is 0 Å². The van der Waals surface area contributed by atoms with Crippen molar-refractivity contribution in [3.05, 3.63) is 46.9 Å². The Labute approximate surface area is 145 Å². The van der Waals surface area contributed by atoms with Crippen molar-refractivity contribution in [1.82, 2.24) is 9.80 Å². The van der Waals surface area contributed by atoms with E-state index in [9.17, 15) is 4.79 Å². The van der Waals surface area contributed by atoms with E-state index in [1.807, 2.05) is 4.90 Å². The summed E-state index contributed by atoms with van der Waals surface area (Å²) >= 11 is 1.71. The summed E-state index contributed by atoms with van der Waals surface area (Å²) in [4.78, 5) is 15.6. The zero-order valence-corrected chi connectivity index (χ0v) is 14.5. The number of hydrogen-bond acceptors (Lipinski definition) is 4. The van der Waals surface area contributed by atoms with Crippen molar-refractivity contribution in [2.45, 2.75) is 13.5 Å². The molecule has 0 aliphatic carbocycles. The number of amides is 1. The van der Waals surface area contributed by atoms with E-state index in [0.717, 1.165) is 49.5 Å². The van der Waals surface area contributed by atoms with Crippen LogP contribution >= 0.6 is 11.3 Å². The van der Waals surface area contributed by atoms with Crippen molar-refractivity contribution in [2.75, 3.05) is 26.2 Å². The Kier molecular flexibility index (Phi) is 4.12. The highest BCUT2D eigenvalue weighted by Crippen LogP contribution is 2.28. The van der Waals surface area contributed by atoms with E-state index in [4.69, 9.17) is 4.42 Å². The third-order valence-corrected chi connectivity index (χ3v) is 5.30. The lowest BCUT2D eigenvalue weighted by Crippen LogP contribution is -2.47. The van der Waals surface area contributed by atoms with Gasteiger partial charge in [-0.15, -0.1) is 0 Å². The summed E-state index contributed by atoms with van der Waals surface area (Å²) in [5.41, 5.74) is 3.42. The summed E-state index contributed by atoms with van der Waals surface area (Å²) in [5, 5.41) is 5.41. The molecule has 1 saturated heterocycles. The third kappa shape index (κ3) is 3.09. The molecule has 0 saturated carbocycles. The second kappa shape index (κ2) is 6.42. The van der Waals surface area contributed by atoms with E-state index in [0.29, 0.717) is 0 Å². The van der Waals surface area contributed by atoms with Crippen LogP contribution in [0.2, 0.25) is 0 Å². The van der Waals surface area contributed by atoms with Gasteiger partial charge in [0.15, 0.2) is 0 Å². The first kappa shape index (κ1) is 15.4. The predicted molar refractivity (Wildman–Crippen MR) is 97.1 cm³/mol. The summed E-state index contributed by atoms with van der Waals surface area (Å²) in [6.45, 7) is 5.84. The van der Waals surface area contributed by atoms with Gasteiger partial charge in [0, 0.05) is 38.5 Å². The zero-order chi connectivity index (χ0) is 16.5. The molecule has 3 aromatic rings. The highest BCUT2D eigenvalue weighted by atomic mass is 32.1. The van der Waals surface area contributed by atoms with Crippen molar-refractivity contribution < 1.29 is 9.21 Å². The van der Waals surface area contributed by atoms with Gasteiger partial charge >= 0.3 is 0 Å². The van der Waals surface area contributed by atoms with Gasteiger partial charge in [-0.25, -0.2) is 0 Å². The van der Waals surface area contributed by atoms with Crippen molar-refractivity contribution >= 4 is 28.2 Å². The minimum atomic E-state index is 0.166. The molecular formula is C19H20N2O2S. The first-order chi connectivity index (χ1) is 11.7. The monoisotopic (exact) mass is 340 g/mol. The fourth-order valence-electron chi connectivity index (χ4n) is 3.23. The summed E-state index contributed by atoms with van der Waals surface area (Å²) in [5.74, 6) is 1.16. The van der Waals surface area contributed by atoms with E-state index in [1.165, 1.54) is 11.1 Å². The van der Waals surface area contributed by atoms with Crippen molar-refractivity contribution in [3.63, 3.8) is 0 Å². The fourth-order valence-corrected chi connectivity index (χ4v) is 3.89. The largest absolute Gasteiger partial charge is 0.460 e. The molecule has 0 radical (unpaired) electrons. The Hall–Kier alpha value is -2.11. The molecule has 1 aromatic carbocycles. The minimum absolute atomic E-state index is 0.166. The van der Waals surface area contributed by atoms with E-state index in [2.05, 4.69) is 46.0 Å². The van der Waals surface area contributed by atoms with Gasteiger partial charge in [0.2, 0.25) is 5.91 Å². The first-order valence-corrected chi connectivity index (χ1v) is 9.16. The SMILES string of the molecule is CC(=O)N1CCN(Cc2cc3cc(-c4ccsc4)ccc3o2)CC1. The summed E-state index contributed by atoms with van der Waals surface area (Å²) in [6, 6.07) is 10.6. The lowest BCUT2D eigenvalue weighted by molar-refractivity contribution is -0.130. The number of furan rings is 1. The highest BCUT2D eigenvalue weighted by Gasteiger charge is 2.19. The summed E-state index contributed by atoms with van der Waals surface area (Å²) in [6.07, 6.45) is 0. The molecule has 124 valence electrons. The second-order valence-electron chi connectivity index (χ2n) is 6.26. The number of nitrogens with zero attached hydrogens (tertiary/aromatic N) is 2. The maximum absolute atomic E-state index is 11.4. The van der Waals surface area contributed by atoms with Crippen LogP contribution in [0.15, 0.2) is 45.5 Å². The molecule has 0 unspecified atom stereocenters. The van der Waals surface area contributed by atoms with Gasteiger partial charge in [-0.2, -0.15) is 11.3 Å². The molecule has 0 spiro atoms. The van der Waals surface area contributed by atoms with E-state index in [-0.39, 0.29) is 5.91 Å². The number of fused-ring (bicyclic) bond motifs is 1. The quantitative estimate of drug-likeness (QED) is 0.727. The Morgan fingerprint density at radius 3 is 2.67 bits per heavy atom. The first-order valence-electron chi connectivity index (χ1n) is 8.22. The maximum Gasteiger partial charge on any atom is 0.219 e. The van der Waals surface area contributed by atoms with Gasteiger partial charge in [0.25, 0.3) is 0 Å². The third-order valence-electron chi connectivity index (χ3n) is 4.62. The van der Waals surface area contributed by atoms with Crippen LogP contribution in [0.25, 0.3) is 22.1 Å². The number of benzene rings is 1. The van der Waals surface area contributed by atoms with Gasteiger partial charge in [0.05, 0.1) is 6.54 Å². The van der Waals surface area contributed by atoms with Crippen LogP contribution in [-0.2, 0) is 11.3 Å². The average molecular weight is 340 g/mol. The molecule has 3 heterocycles. The molecule has 1 aliphatic rings. The second-order valence-corrected chi connectivity index (χ2v) is 7.04. The predicted octanol–water partition coefficient (Wildman–Crippen LogP) is 3.83. The maximum atomic E-state index is 11.4. The number of rotatable bonds is 3. The van der Waals surface area contributed by atoms with E-state index < -0.39 is 0 Å². The Bertz CT molecular complexity index is 846. The molecule has 0 atom stereocenters. The van der Waals surface area contributed by atoms with Gasteiger partial charge in [-0.05, 0) is 46.2 Å². The topological polar surface area (TPSA) is 36.7 Å². The lowest BCUT2D eigenvalue weighted by Gasteiger charge is -2.33. The molecule has 5 heteroatoms. The van der Waals surface area contributed by atoms with Gasteiger partial charge in [-0.1, -0.05) is 6.07 Å². The number of piperazine rings is 1. The van der Waals surface area contributed by atoms with Crippen LogP contribution in [0.1, 0.15) is 12.7 Å². The molecule has 4 nitrogen and oxygen atoms in total. The number of thiophene rings is 1. The van der Waals surface area contributed by atoms with Crippen LogP contribution in [-0.4, -0.2) is 41.9 Å². The normalized spacial score (nSPS) is 16.0. The van der Waals surface area contributed by atoms with Crippen LogP contribution in [0.4, 0.5) is 0 Å². The number of carbonyl (C=O) groups excluding carboxylic acids is 1. The Balaban J connectivity index is 1.48. The van der Waals surface area contributed by atoms with Crippen molar-refractivity contribution in [3.8, 4) is 11.1 Å². The molecule has 24 heavy (non-hydrogen) atoms. The zero-order valence-electron chi connectivity index (χ0n) is 13.7. The molecule has 0 bridgehead atoms. The average Bonchev–Trinajstić information content (AvgIpc) is 3.23. The van der Waals surface area contributed by atoms with Gasteiger partial charge in [0.1, 0.15) is 11.3 Å². The molecule has 2 aromatic heterocycles. The Morgan fingerprint density at radius 1 is 1.12 bits per heavy atom. The molecule has 1 amide bonds. The van der Waals surface area contributed by atoms with Crippen molar-refractivity contribution in [1.29, 1.82) is 0 Å². The molecule has 1 fully saturated rings. The van der Waals surface area contributed by atoms with Crippen molar-refractivity contribution in [2.24, 2.45) is 0 Å². The highest BCUT2D eigenvalue weighted by molar-refractivity contribution is 7.08. The molecule has 1 aliphatic heterocycles. The standard InChI is InChI=1S/C19H20N2O2S/c1-14(22)21-7-5-20(6-8-21)12-18-11-17-10-15(2-3-19(17)23-18)16-4-9-24-13-16/h2-4,9-11,13H,5-8,12H2,1H3. The van der Waals surface area contributed by atoms with Crippen LogP contribution in [0.5, 0.6) is 0 Å². The lowest BCUT2D eigenvalue weighted by atomic mass is 10.1. The molecular weight excluding hydrogens is 320 g/mol. The fraction of sp³-hybridized carbons (Fsp3) is 0.316. The molecule has 4 rings (SSSR count). The van der Waals surface area contributed by atoms with Crippen LogP contribution < -0.4 is 0 Å². The Morgan fingerprint density at radius 2 is 1.96 bits per heavy atom. The smallest absolute Gasteiger partial charge is 0.219 e.